The third-order valence-electron chi connectivity index (χ3n) is 3.76. The van der Waals surface area contributed by atoms with Crippen LogP contribution >= 0.6 is 11.6 Å². The molecule has 1 amide bonds. The molecule has 0 aromatic carbocycles. The summed E-state index contributed by atoms with van der Waals surface area (Å²) in [6.07, 6.45) is 0.960. The molecular weight excluding hydrogens is 406 g/mol. The summed E-state index contributed by atoms with van der Waals surface area (Å²) < 4.78 is 5.22. The lowest BCUT2D eigenvalue weighted by atomic mass is 10.2. The van der Waals surface area contributed by atoms with E-state index in [1.165, 1.54) is 0 Å². The number of nitrogens with zero attached hydrogens (tertiary/aromatic N) is 3. The number of carbonyl (C=O) groups excluding carboxylic acids is 1. The molecule has 1 heterocycles. The number of aliphatic hydroxyl groups is 3. The Morgan fingerprint density at radius 1 is 1.14 bits per heavy atom. The van der Waals surface area contributed by atoms with Gasteiger partial charge in [0, 0.05) is 13.2 Å². The van der Waals surface area contributed by atoms with Gasteiger partial charge in [-0.25, -0.2) is 9.97 Å². The second-order valence-corrected chi connectivity index (χ2v) is 6.52. The van der Waals surface area contributed by atoms with Crippen LogP contribution in [0.1, 0.15) is 36.2 Å². The first kappa shape index (κ1) is 24.8. The number of rotatable bonds is 12. The number of amides is 1. The molecule has 1 aromatic rings. The van der Waals surface area contributed by atoms with Gasteiger partial charge in [-0.2, -0.15) is 0 Å². The van der Waals surface area contributed by atoms with Crippen LogP contribution in [0.3, 0.4) is 0 Å². The third kappa shape index (κ3) is 9.19. The fraction of sp³-hybridized carbons (Fsp3) is 0.625. The number of aliphatic hydroxyl groups excluding tert-OH is 3. The maximum absolute atomic E-state index is 12.1. The molecule has 1 aromatic heterocycles. The van der Waals surface area contributed by atoms with Crippen molar-refractivity contribution in [1.82, 2.24) is 15.3 Å². The van der Waals surface area contributed by atoms with Crippen molar-refractivity contribution in [2.24, 2.45) is 10.7 Å². The first-order valence-electron chi connectivity index (χ1n) is 9.00. The average molecular weight is 434 g/mol. The molecule has 13 heteroatoms. The zero-order chi connectivity index (χ0) is 21.8. The maximum Gasteiger partial charge on any atom is 0.280 e. The number of aliphatic imine (C=N–C) groups is 1. The van der Waals surface area contributed by atoms with Crippen LogP contribution in [0.5, 0.6) is 0 Å². The van der Waals surface area contributed by atoms with Crippen LogP contribution in [-0.2, 0) is 4.74 Å². The molecule has 12 nitrogen and oxygen atoms in total. The van der Waals surface area contributed by atoms with Crippen LogP contribution in [0.15, 0.2) is 4.99 Å². The highest BCUT2D eigenvalue weighted by atomic mass is 35.5. The number of hydrogen-bond acceptors (Lipinski definition) is 10. The van der Waals surface area contributed by atoms with E-state index >= 15 is 0 Å². The van der Waals surface area contributed by atoms with E-state index in [1.807, 2.05) is 0 Å². The lowest BCUT2D eigenvalue weighted by Gasteiger charge is -2.15. The largest absolute Gasteiger partial charge is 0.394 e. The molecule has 0 radical (unpaired) electrons. The van der Waals surface area contributed by atoms with Crippen molar-refractivity contribution in [3.63, 3.8) is 0 Å². The Morgan fingerprint density at radius 3 is 2.52 bits per heavy atom. The first-order valence-corrected chi connectivity index (χ1v) is 9.38. The van der Waals surface area contributed by atoms with E-state index in [-0.39, 0.29) is 35.0 Å². The molecule has 0 aliphatic carbocycles. The van der Waals surface area contributed by atoms with Gasteiger partial charge in [-0.05, 0) is 12.8 Å². The molecule has 0 aliphatic rings. The van der Waals surface area contributed by atoms with Gasteiger partial charge in [0.2, 0.25) is 0 Å². The number of ether oxygens (including phenoxy) is 1. The van der Waals surface area contributed by atoms with Crippen LogP contribution in [0.2, 0.25) is 5.15 Å². The maximum atomic E-state index is 12.1. The van der Waals surface area contributed by atoms with Gasteiger partial charge >= 0.3 is 0 Å². The summed E-state index contributed by atoms with van der Waals surface area (Å²) >= 11 is 5.73. The van der Waals surface area contributed by atoms with E-state index in [2.05, 4.69) is 20.3 Å². The van der Waals surface area contributed by atoms with Gasteiger partial charge in [-0.15, -0.1) is 0 Å². The Bertz CT molecular complexity index is 692. The predicted molar refractivity (Wildman–Crippen MR) is 108 cm³/mol. The molecule has 0 unspecified atom stereocenters. The van der Waals surface area contributed by atoms with E-state index < -0.39 is 24.7 Å². The van der Waals surface area contributed by atoms with E-state index in [1.54, 1.807) is 0 Å². The highest BCUT2D eigenvalue weighted by Crippen LogP contribution is 2.17. The zero-order valence-electron chi connectivity index (χ0n) is 15.9. The molecule has 1 rings (SSSR count). The number of nitrogens with two attached hydrogens (primary N) is 3. The van der Waals surface area contributed by atoms with E-state index in [9.17, 15) is 15.0 Å². The molecular formula is C16H28ClN7O5. The number of unbranched alkanes of at least 4 members (excludes halogenated alkanes) is 3. The van der Waals surface area contributed by atoms with Crippen LogP contribution < -0.4 is 22.5 Å². The predicted octanol–water partition coefficient (Wildman–Crippen LogP) is -1.37. The summed E-state index contributed by atoms with van der Waals surface area (Å²) in [5, 5.41) is 29.5. The zero-order valence-corrected chi connectivity index (χ0v) is 16.7. The summed E-state index contributed by atoms with van der Waals surface area (Å²) in [6, 6.07) is 0. The Kier molecular flexibility index (Phi) is 11.2. The molecule has 0 saturated heterocycles. The van der Waals surface area contributed by atoms with Crippen molar-refractivity contribution in [3.8, 4) is 0 Å². The fourth-order valence-corrected chi connectivity index (χ4v) is 2.26. The Balaban J connectivity index is 2.20. The van der Waals surface area contributed by atoms with Crippen LogP contribution in [0, 0.1) is 0 Å². The highest BCUT2D eigenvalue weighted by molar-refractivity contribution is 6.31. The van der Waals surface area contributed by atoms with Gasteiger partial charge in [0.05, 0.1) is 13.2 Å². The Labute approximate surface area is 173 Å². The molecule has 29 heavy (non-hydrogen) atoms. The summed E-state index contributed by atoms with van der Waals surface area (Å²) in [5.74, 6) is -1.02. The quantitative estimate of drug-likeness (QED) is 0.116. The number of halogens is 1. The lowest BCUT2D eigenvalue weighted by Crippen LogP contribution is -2.38. The van der Waals surface area contributed by atoms with E-state index in [0.717, 1.165) is 25.7 Å². The van der Waals surface area contributed by atoms with Crippen molar-refractivity contribution >= 4 is 35.1 Å². The number of hydrogen-bond donors (Lipinski definition) is 7. The molecule has 164 valence electrons. The summed E-state index contributed by atoms with van der Waals surface area (Å²) in [7, 11) is 0. The van der Waals surface area contributed by atoms with Crippen molar-refractivity contribution in [1.29, 1.82) is 0 Å². The van der Waals surface area contributed by atoms with Gasteiger partial charge in [0.1, 0.15) is 12.2 Å². The summed E-state index contributed by atoms with van der Waals surface area (Å²) in [5.41, 5.74) is 16.5. The number of nitrogen functional groups attached to an aromatic ring is 2. The highest BCUT2D eigenvalue weighted by Gasteiger charge is 2.16. The molecule has 2 atom stereocenters. The number of aromatic nitrogens is 2. The molecule has 0 saturated carbocycles. The van der Waals surface area contributed by atoms with Crippen molar-refractivity contribution in [2.75, 3.05) is 37.8 Å². The van der Waals surface area contributed by atoms with Crippen molar-refractivity contribution in [3.05, 3.63) is 10.8 Å². The normalized spacial score (nSPS) is 13.9. The topological polar surface area (TPSA) is 215 Å². The van der Waals surface area contributed by atoms with E-state index in [0.29, 0.717) is 13.2 Å². The lowest BCUT2D eigenvalue weighted by molar-refractivity contribution is -0.0571. The molecule has 0 spiro atoms. The number of anilines is 2. The minimum Gasteiger partial charge on any atom is -0.394 e. The Morgan fingerprint density at radius 2 is 1.83 bits per heavy atom. The van der Waals surface area contributed by atoms with Crippen LogP contribution in [-0.4, -0.2) is 75.7 Å². The number of nitrogens with one attached hydrogen (secondary N) is 1. The van der Waals surface area contributed by atoms with Gasteiger partial charge in [0.25, 0.3) is 5.91 Å². The van der Waals surface area contributed by atoms with Crippen molar-refractivity contribution < 1.29 is 24.9 Å². The summed E-state index contributed by atoms with van der Waals surface area (Å²) in [4.78, 5) is 23.6. The van der Waals surface area contributed by atoms with Crippen molar-refractivity contribution in [2.45, 2.75) is 37.9 Å². The van der Waals surface area contributed by atoms with Crippen LogP contribution in [0.25, 0.3) is 0 Å². The third-order valence-corrected chi connectivity index (χ3v) is 4.04. The van der Waals surface area contributed by atoms with Gasteiger partial charge in [-0.1, -0.05) is 24.4 Å². The molecule has 0 bridgehead atoms. The van der Waals surface area contributed by atoms with Gasteiger partial charge in [0.15, 0.2) is 28.4 Å². The summed E-state index contributed by atoms with van der Waals surface area (Å²) in [6.45, 7) is 0.306. The SMILES string of the molecule is NC(=NCCCCCCOC[C@H](O)[C@@H](O)CO)NC(=O)c1nc(Cl)c(N)nc1N. The minimum absolute atomic E-state index is 0.0314. The van der Waals surface area contributed by atoms with Gasteiger partial charge < -0.3 is 37.3 Å². The number of guanidine groups is 1. The molecule has 10 N–H and O–H groups in total. The first-order chi connectivity index (χ1) is 13.8. The second-order valence-electron chi connectivity index (χ2n) is 6.16. The standard InChI is InChI=1S/C16H28ClN7O5/c17-12-14(19)23-13(18)11(22-12)15(28)24-16(20)21-5-3-1-2-4-6-29-8-10(27)9(26)7-25/h9-10,25-27H,1-8H2,(H4,18,19,23)(H3,20,21,24,28)/t9-,10-/m0/s1. The molecule has 0 aliphatic heterocycles. The monoisotopic (exact) mass is 433 g/mol. The van der Waals surface area contributed by atoms with E-state index in [4.69, 9.17) is 38.6 Å². The second kappa shape index (κ2) is 13.1. The van der Waals surface area contributed by atoms with Crippen LogP contribution in [0.4, 0.5) is 11.6 Å². The Hall–Kier alpha value is -2.25. The van der Waals surface area contributed by atoms with Gasteiger partial charge in [-0.3, -0.25) is 15.1 Å². The number of carbonyl (C=O) groups is 1. The smallest absolute Gasteiger partial charge is 0.280 e. The molecule has 0 fully saturated rings. The minimum atomic E-state index is -1.20. The average Bonchev–Trinajstić information content (AvgIpc) is 2.68. The fourth-order valence-electron chi connectivity index (χ4n) is 2.13.